The van der Waals surface area contributed by atoms with Crippen LogP contribution in [0.4, 0.5) is 0 Å². The van der Waals surface area contributed by atoms with E-state index in [1.54, 1.807) is 42.5 Å². The zero-order valence-corrected chi connectivity index (χ0v) is 15.4. The van der Waals surface area contributed by atoms with E-state index in [4.69, 9.17) is 16.3 Å². The molecule has 0 amide bonds. The lowest BCUT2D eigenvalue weighted by Gasteiger charge is -2.32. The highest BCUT2D eigenvalue weighted by molar-refractivity contribution is 6.30. The molecule has 3 nitrogen and oxygen atoms in total. The standard InChI is InChI=1S/C23H17ClO3/c1-14(25)21(23(26)15-7-3-2-4-8-15)22-17-9-5-6-10-19(17)27-20-12-11-16(24)13-18(20)22/h2-13,21-22H,1H3/t21-,22+/m1/s1. The molecular weight excluding hydrogens is 360 g/mol. The number of halogens is 1. The second-order valence-corrected chi connectivity index (χ2v) is 7.05. The van der Waals surface area contributed by atoms with Gasteiger partial charge >= 0.3 is 0 Å². The Bertz CT molecular complexity index is 1030. The van der Waals surface area contributed by atoms with Crippen LogP contribution in [0.2, 0.25) is 5.02 Å². The van der Waals surface area contributed by atoms with Gasteiger partial charge in [0.05, 0.1) is 5.92 Å². The molecule has 0 fully saturated rings. The molecule has 0 N–H and O–H groups in total. The maximum absolute atomic E-state index is 13.3. The van der Waals surface area contributed by atoms with Crippen molar-refractivity contribution in [1.82, 2.24) is 0 Å². The van der Waals surface area contributed by atoms with E-state index in [2.05, 4.69) is 0 Å². The molecule has 2 atom stereocenters. The summed E-state index contributed by atoms with van der Waals surface area (Å²) in [5, 5.41) is 0.538. The molecule has 4 heteroatoms. The number of carbonyl (C=O) groups excluding carboxylic acids is 2. The zero-order valence-electron chi connectivity index (χ0n) is 14.7. The maximum Gasteiger partial charge on any atom is 0.174 e. The van der Waals surface area contributed by atoms with Crippen molar-refractivity contribution in [3.63, 3.8) is 0 Å². The number of ether oxygens (including phenoxy) is 1. The average Bonchev–Trinajstić information content (AvgIpc) is 2.68. The third-order valence-corrected chi connectivity index (χ3v) is 5.13. The van der Waals surface area contributed by atoms with E-state index < -0.39 is 11.8 Å². The van der Waals surface area contributed by atoms with E-state index in [9.17, 15) is 9.59 Å². The smallest absolute Gasteiger partial charge is 0.174 e. The minimum Gasteiger partial charge on any atom is -0.457 e. The summed E-state index contributed by atoms with van der Waals surface area (Å²) < 4.78 is 6.00. The van der Waals surface area contributed by atoms with Crippen molar-refractivity contribution >= 4 is 23.2 Å². The van der Waals surface area contributed by atoms with Crippen molar-refractivity contribution in [2.75, 3.05) is 0 Å². The second-order valence-electron chi connectivity index (χ2n) is 6.62. The van der Waals surface area contributed by atoms with Gasteiger partial charge in [-0.2, -0.15) is 0 Å². The van der Waals surface area contributed by atoms with Gasteiger partial charge in [0, 0.05) is 27.6 Å². The fourth-order valence-electron chi connectivity index (χ4n) is 3.68. The van der Waals surface area contributed by atoms with E-state index in [-0.39, 0.29) is 11.6 Å². The fraction of sp³-hybridized carbons (Fsp3) is 0.130. The monoisotopic (exact) mass is 376 g/mol. The van der Waals surface area contributed by atoms with Crippen LogP contribution in [-0.4, -0.2) is 11.6 Å². The predicted octanol–water partition coefficient (Wildman–Crippen LogP) is 5.67. The van der Waals surface area contributed by atoms with Crippen molar-refractivity contribution in [2.24, 2.45) is 5.92 Å². The van der Waals surface area contributed by atoms with E-state index in [0.717, 1.165) is 11.1 Å². The van der Waals surface area contributed by atoms with Gasteiger partial charge in [0.25, 0.3) is 0 Å². The number of rotatable bonds is 4. The summed E-state index contributed by atoms with van der Waals surface area (Å²) in [5.74, 6) is -0.407. The zero-order chi connectivity index (χ0) is 19.0. The number of benzene rings is 3. The SMILES string of the molecule is CC(=O)[C@@H](C(=O)c1ccccc1)[C@H]1c2ccccc2Oc2ccc(Cl)cc21. The number of ketones is 2. The summed E-state index contributed by atoms with van der Waals surface area (Å²) in [5.41, 5.74) is 2.09. The van der Waals surface area contributed by atoms with E-state index >= 15 is 0 Å². The molecule has 1 aliphatic rings. The van der Waals surface area contributed by atoms with Crippen LogP contribution in [0.1, 0.15) is 34.3 Å². The lowest BCUT2D eigenvalue weighted by Crippen LogP contribution is -2.31. The van der Waals surface area contributed by atoms with Crippen molar-refractivity contribution in [2.45, 2.75) is 12.8 Å². The van der Waals surface area contributed by atoms with Gasteiger partial charge in [-0.25, -0.2) is 0 Å². The van der Waals surface area contributed by atoms with Crippen molar-refractivity contribution in [3.05, 3.63) is 94.5 Å². The van der Waals surface area contributed by atoms with E-state index in [1.807, 2.05) is 30.3 Å². The third kappa shape index (κ3) is 3.15. The summed E-state index contributed by atoms with van der Waals surface area (Å²) >= 11 is 6.22. The Morgan fingerprint density at radius 1 is 0.889 bits per heavy atom. The minimum atomic E-state index is -0.852. The minimum absolute atomic E-state index is 0.184. The molecule has 0 saturated carbocycles. The summed E-state index contributed by atoms with van der Waals surface area (Å²) in [6, 6.07) is 21.7. The molecule has 0 unspecified atom stereocenters. The molecule has 4 rings (SSSR count). The molecule has 0 aromatic heterocycles. The lowest BCUT2D eigenvalue weighted by molar-refractivity contribution is -0.119. The van der Waals surface area contributed by atoms with Crippen LogP contribution >= 0.6 is 11.6 Å². The fourth-order valence-corrected chi connectivity index (χ4v) is 3.86. The first-order chi connectivity index (χ1) is 13.1. The lowest BCUT2D eigenvalue weighted by atomic mass is 9.74. The molecule has 0 radical (unpaired) electrons. The highest BCUT2D eigenvalue weighted by Crippen LogP contribution is 2.48. The summed E-state index contributed by atoms with van der Waals surface area (Å²) in [4.78, 5) is 26.0. The molecule has 0 saturated heterocycles. The summed E-state index contributed by atoms with van der Waals surface area (Å²) in [6.07, 6.45) is 0. The van der Waals surface area contributed by atoms with Crippen molar-refractivity contribution < 1.29 is 14.3 Å². The average molecular weight is 377 g/mol. The molecule has 27 heavy (non-hydrogen) atoms. The van der Waals surface area contributed by atoms with Crippen LogP contribution in [0.3, 0.4) is 0 Å². The van der Waals surface area contributed by atoms with Gasteiger partial charge in [0.1, 0.15) is 17.3 Å². The summed E-state index contributed by atoms with van der Waals surface area (Å²) in [7, 11) is 0. The van der Waals surface area contributed by atoms with Gasteiger partial charge in [-0.15, -0.1) is 0 Å². The first-order valence-electron chi connectivity index (χ1n) is 8.72. The van der Waals surface area contributed by atoms with Gasteiger partial charge < -0.3 is 4.74 Å². The topological polar surface area (TPSA) is 43.4 Å². The third-order valence-electron chi connectivity index (χ3n) is 4.89. The van der Waals surface area contributed by atoms with Gasteiger partial charge in [0.2, 0.25) is 0 Å². The highest BCUT2D eigenvalue weighted by atomic mass is 35.5. The molecule has 3 aromatic carbocycles. The molecule has 1 heterocycles. The van der Waals surface area contributed by atoms with Gasteiger partial charge in [-0.3, -0.25) is 9.59 Å². The molecule has 0 bridgehead atoms. The number of para-hydroxylation sites is 1. The van der Waals surface area contributed by atoms with Crippen LogP contribution in [0.15, 0.2) is 72.8 Å². The maximum atomic E-state index is 13.3. The van der Waals surface area contributed by atoms with Gasteiger partial charge in [-0.1, -0.05) is 60.1 Å². The molecule has 0 aliphatic carbocycles. The number of hydrogen-bond acceptors (Lipinski definition) is 3. The normalized spacial score (nSPS) is 15.9. The van der Waals surface area contributed by atoms with Crippen LogP contribution < -0.4 is 4.74 Å². The first kappa shape index (κ1) is 17.5. The largest absolute Gasteiger partial charge is 0.457 e. The second kappa shape index (κ2) is 7.01. The molecule has 0 spiro atoms. The number of hydrogen-bond donors (Lipinski definition) is 0. The summed E-state index contributed by atoms with van der Waals surface area (Å²) in [6.45, 7) is 1.47. The number of fused-ring (bicyclic) bond motifs is 2. The quantitative estimate of drug-likeness (QED) is 0.435. The van der Waals surface area contributed by atoms with Crippen LogP contribution in [-0.2, 0) is 4.79 Å². The van der Waals surface area contributed by atoms with E-state index in [1.165, 1.54) is 6.92 Å². The Hall–Kier alpha value is -2.91. The predicted molar refractivity (Wildman–Crippen MR) is 105 cm³/mol. The highest BCUT2D eigenvalue weighted by Gasteiger charge is 2.40. The van der Waals surface area contributed by atoms with Gasteiger partial charge in [-0.05, 0) is 31.2 Å². The Balaban J connectivity index is 1.91. The van der Waals surface area contributed by atoms with Gasteiger partial charge in [0.15, 0.2) is 5.78 Å². The first-order valence-corrected chi connectivity index (χ1v) is 9.10. The molecule has 3 aromatic rings. The number of carbonyl (C=O) groups is 2. The van der Waals surface area contributed by atoms with E-state index in [0.29, 0.717) is 22.1 Å². The van der Waals surface area contributed by atoms with Crippen molar-refractivity contribution in [1.29, 1.82) is 0 Å². The van der Waals surface area contributed by atoms with Crippen LogP contribution in [0, 0.1) is 5.92 Å². The number of Topliss-reactive ketones (excluding diaryl/α,β-unsaturated/α-hetero) is 2. The van der Waals surface area contributed by atoms with Crippen LogP contribution in [0.5, 0.6) is 11.5 Å². The molecule has 134 valence electrons. The van der Waals surface area contributed by atoms with Crippen LogP contribution in [0.25, 0.3) is 0 Å². The molecular formula is C23H17ClO3. The van der Waals surface area contributed by atoms with Crippen molar-refractivity contribution in [3.8, 4) is 11.5 Å². The Morgan fingerprint density at radius 2 is 1.56 bits per heavy atom. The Morgan fingerprint density at radius 3 is 2.30 bits per heavy atom. The Labute approximate surface area is 162 Å². The Kier molecular flexibility index (Phi) is 4.54. The molecule has 1 aliphatic heterocycles.